The number of hydrogen-bond acceptors (Lipinski definition) is 4. The number of nitrogens with zero attached hydrogens (tertiary/aromatic N) is 2. The van der Waals surface area contributed by atoms with Crippen LogP contribution in [-0.2, 0) is 14.8 Å². The number of anilines is 3. The fourth-order valence-electron chi connectivity index (χ4n) is 4.05. The minimum Gasteiger partial charge on any atom is -0.372 e. The van der Waals surface area contributed by atoms with E-state index >= 15 is 0 Å². The van der Waals surface area contributed by atoms with Gasteiger partial charge < -0.3 is 10.2 Å². The third-order valence-electron chi connectivity index (χ3n) is 5.96. The molecule has 0 aromatic heterocycles. The Balaban J connectivity index is 1.59. The lowest BCUT2D eigenvalue weighted by Gasteiger charge is -2.26. The van der Waals surface area contributed by atoms with Crippen LogP contribution in [0.3, 0.4) is 0 Å². The molecule has 0 unspecified atom stereocenters. The van der Waals surface area contributed by atoms with Crippen molar-refractivity contribution in [2.75, 3.05) is 34.2 Å². The molecule has 8 heteroatoms. The standard InChI is InChI=1S/C26H28ClN3O3S/c1-19-5-13-24(14-6-19)34(32,33)30(25-17-21(27)8-7-20(25)2)18-26(31)28-22-9-11-23(12-10-22)29-15-3-4-16-29/h5-14,17H,3-4,15-16,18H2,1-2H3,(H,28,31). The first-order valence-corrected chi connectivity index (χ1v) is 13.1. The zero-order valence-electron chi connectivity index (χ0n) is 19.3. The van der Waals surface area contributed by atoms with Crippen LogP contribution in [0.25, 0.3) is 0 Å². The summed E-state index contributed by atoms with van der Waals surface area (Å²) in [5, 5.41) is 3.22. The summed E-state index contributed by atoms with van der Waals surface area (Å²) in [4.78, 5) is 15.4. The molecule has 1 N–H and O–H groups in total. The number of carbonyl (C=O) groups excluding carboxylic acids is 1. The lowest BCUT2D eigenvalue weighted by Crippen LogP contribution is -2.38. The molecule has 1 saturated heterocycles. The maximum atomic E-state index is 13.6. The van der Waals surface area contributed by atoms with Crippen LogP contribution in [0, 0.1) is 13.8 Å². The van der Waals surface area contributed by atoms with E-state index in [1.807, 2.05) is 31.2 Å². The molecule has 6 nitrogen and oxygen atoms in total. The summed E-state index contributed by atoms with van der Waals surface area (Å²) in [6.07, 6.45) is 2.37. The number of benzene rings is 3. The Morgan fingerprint density at radius 3 is 2.26 bits per heavy atom. The van der Waals surface area contributed by atoms with Gasteiger partial charge in [-0.2, -0.15) is 0 Å². The van der Waals surface area contributed by atoms with Crippen LogP contribution in [0.5, 0.6) is 0 Å². The number of rotatable bonds is 7. The molecule has 34 heavy (non-hydrogen) atoms. The molecule has 3 aromatic rings. The van der Waals surface area contributed by atoms with Gasteiger partial charge in [0.1, 0.15) is 6.54 Å². The fourth-order valence-corrected chi connectivity index (χ4v) is 5.69. The van der Waals surface area contributed by atoms with Crippen LogP contribution in [0.1, 0.15) is 24.0 Å². The van der Waals surface area contributed by atoms with Crippen molar-refractivity contribution in [3.05, 3.63) is 82.9 Å². The molecule has 1 amide bonds. The van der Waals surface area contributed by atoms with Gasteiger partial charge in [-0.1, -0.05) is 35.4 Å². The molecule has 3 aromatic carbocycles. The Labute approximate surface area is 206 Å². The monoisotopic (exact) mass is 497 g/mol. The molecule has 0 radical (unpaired) electrons. The van der Waals surface area contributed by atoms with Crippen molar-refractivity contribution in [2.24, 2.45) is 0 Å². The van der Waals surface area contributed by atoms with Crippen LogP contribution in [0.15, 0.2) is 71.6 Å². The highest BCUT2D eigenvalue weighted by Gasteiger charge is 2.28. The van der Waals surface area contributed by atoms with E-state index in [4.69, 9.17) is 11.6 Å². The first-order chi connectivity index (χ1) is 16.2. The summed E-state index contributed by atoms with van der Waals surface area (Å²) in [5.74, 6) is -0.441. The van der Waals surface area contributed by atoms with E-state index in [1.165, 1.54) is 12.8 Å². The molecule has 0 saturated carbocycles. The highest BCUT2D eigenvalue weighted by atomic mass is 35.5. The Morgan fingerprint density at radius 1 is 0.971 bits per heavy atom. The molecule has 1 aliphatic rings. The predicted molar refractivity (Wildman–Crippen MR) is 138 cm³/mol. The highest BCUT2D eigenvalue weighted by Crippen LogP contribution is 2.30. The molecular formula is C26H28ClN3O3S. The second-order valence-electron chi connectivity index (χ2n) is 8.54. The second kappa shape index (κ2) is 10.1. The van der Waals surface area contributed by atoms with Gasteiger partial charge in [0.25, 0.3) is 10.0 Å². The number of aryl methyl sites for hydroxylation is 2. The van der Waals surface area contributed by atoms with Crippen molar-refractivity contribution >= 4 is 44.6 Å². The maximum absolute atomic E-state index is 13.6. The normalized spacial score (nSPS) is 13.7. The number of halogens is 1. The summed E-state index contributed by atoms with van der Waals surface area (Å²) in [7, 11) is -4.01. The maximum Gasteiger partial charge on any atom is 0.264 e. The molecule has 0 aliphatic carbocycles. The number of hydrogen-bond donors (Lipinski definition) is 1. The first kappa shape index (κ1) is 24.1. The van der Waals surface area contributed by atoms with Crippen LogP contribution in [0.2, 0.25) is 5.02 Å². The zero-order valence-corrected chi connectivity index (χ0v) is 20.9. The van der Waals surface area contributed by atoms with E-state index in [2.05, 4.69) is 10.2 Å². The summed E-state index contributed by atoms with van der Waals surface area (Å²) in [5.41, 5.74) is 3.74. The third-order valence-corrected chi connectivity index (χ3v) is 7.97. The lowest BCUT2D eigenvalue weighted by molar-refractivity contribution is -0.114. The summed E-state index contributed by atoms with van der Waals surface area (Å²) < 4.78 is 28.3. The van der Waals surface area contributed by atoms with Crippen LogP contribution in [0.4, 0.5) is 17.1 Å². The van der Waals surface area contributed by atoms with Crippen molar-refractivity contribution in [1.82, 2.24) is 0 Å². The van der Waals surface area contributed by atoms with Gasteiger partial charge in [-0.3, -0.25) is 9.10 Å². The van der Waals surface area contributed by atoms with Crippen molar-refractivity contribution in [3.63, 3.8) is 0 Å². The molecule has 1 heterocycles. The fraction of sp³-hybridized carbons (Fsp3) is 0.269. The Hall–Kier alpha value is -3.03. The summed E-state index contributed by atoms with van der Waals surface area (Å²) in [6.45, 7) is 5.37. The first-order valence-electron chi connectivity index (χ1n) is 11.2. The topological polar surface area (TPSA) is 69.7 Å². The van der Waals surface area contributed by atoms with E-state index < -0.39 is 15.9 Å². The summed E-state index contributed by atoms with van der Waals surface area (Å²) in [6, 6.07) is 19.2. The van der Waals surface area contributed by atoms with Crippen LogP contribution in [-0.4, -0.2) is 34.0 Å². The number of sulfonamides is 1. The van der Waals surface area contributed by atoms with Crippen molar-refractivity contribution in [3.8, 4) is 0 Å². The second-order valence-corrected chi connectivity index (χ2v) is 10.8. The molecule has 4 rings (SSSR count). The van der Waals surface area contributed by atoms with Gasteiger partial charge in [0, 0.05) is 29.5 Å². The van der Waals surface area contributed by atoms with E-state index in [1.54, 1.807) is 49.4 Å². The van der Waals surface area contributed by atoms with E-state index in [9.17, 15) is 13.2 Å². The molecule has 0 atom stereocenters. The molecule has 0 spiro atoms. The average Bonchev–Trinajstić information content (AvgIpc) is 3.35. The van der Waals surface area contributed by atoms with Gasteiger partial charge in [0.2, 0.25) is 5.91 Å². The van der Waals surface area contributed by atoms with Gasteiger partial charge in [0.05, 0.1) is 10.6 Å². The van der Waals surface area contributed by atoms with Gasteiger partial charge in [-0.15, -0.1) is 0 Å². The van der Waals surface area contributed by atoms with Gasteiger partial charge >= 0.3 is 0 Å². The van der Waals surface area contributed by atoms with Gasteiger partial charge in [-0.25, -0.2) is 8.42 Å². The average molecular weight is 498 g/mol. The third kappa shape index (κ3) is 5.37. The van der Waals surface area contributed by atoms with Gasteiger partial charge in [-0.05, 0) is 80.8 Å². The Bertz CT molecular complexity index is 1270. The Morgan fingerprint density at radius 2 is 1.62 bits per heavy atom. The number of nitrogens with one attached hydrogen (secondary N) is 1. The molecule has 1 fully saturated rings. The quantitative estimate of drug-likeness (QED) is 0.475. The van der Waals surface area contributed by atoms with Crippen molar-refractivity contribution in [2.45, 2.75) is 31.6 Å². The minimum atomic E-state index is -4.01. The Kier molecular flexibility index (Phi) is 7.14. The van der Waals surface area contributed by atoms with E-state index in [0.29, 0.717) is 22.0 Å². The van der Waals surface area contributed by atoms with Crippen molar-refractivity contribution in [1.29, 1.82) is 0 Å². The molecule has 178 valence electrons. The number of amides is 1. The zero-order chi connectivity index (χ0) is 24.3. The smallest absolute Gasteiger partial charge is 0.264 e. The van der Waals surface area contributed by atoms with Crippen LogP contribution < -0.4 is 14.5 Å². The van der Waals surface area contributed by atoms with E-state index in [0.717, 1.165) is 28.6 Å². The number of carbonyl (C=O) groups is 1. The SMILES string of the molecule is Cc1ccc(S(=O)(=O)N(CC(=O)Nc2ccc(N3CCCC3)cc2)c2cc(Cl)ccc2C)cc1. The van der Waals surface area contributed by atoms with Crippen molar-refractivity contribution < 1.29 is 13.2 Å². The van der Waals surface area contributed by atoms with Crippen LogP contribution >= 0.6 is 11.6 Å². The lowest BCUT2D eigenvalue weighted by atomic mass is 10.2. The summed E-state index contributed by atoms with van der Waals surface area (Å²) >= 11 is 6.19. The minimum absolute atomic E-state index is 0.111. The van der Waals surface area contributed by atoms with Gasteiger partial charge in [0.15, 0.2) is 0 Å². The largest absolute Gasteiger partial charge is 0.372 e. The molecule has 0 bridgehead atoms. The molecule has 1 aliphatic heterocycles. The highest BCUT2D eigenvalue weighted by molar-refractivity contribution is 7.92. The molecular weight excluding hydrogens is 470 g/mol. The van der Waals surface area contributed by atoms with E-state index in [-0.39, 0.29) is 11.4 Å². The predicted octanol–water partition coefficient (Wildman–Crippen LogP) is 5.39.